The maximum atomic E-state index is 13.0. The van der Waals surface area contributed by atoms with E-state index in [9.17, 15) is 13.2 Å². The molecule has 1 fully saturated rings. The van der Waals surface area contributed by atoms with Crippen molar-refractivity contribution >= 4 is 15.7 Å². The second-order valence-electron chi connectivity index (χ2n) is 6.29. The Morgan fingerprint density at radius 1 is 1.12 bits per heavy atom. The number of fused-ring (bicyclic) bond motifs is 1. The molecule has 1 saturated heterocycles. The minimum atomic E-state index is -3.43. The molecule has 8 heteroatoms. The van der Waals surface area contributed by atoms with Crippen LogP contribution in [0.5, 0.6) is 5.75 Å². The molecule has 0 radical (unpaired) electrons. The van der Waals surface area contributed by atoms with Crippen molar-refractivity contribution in [1.82, 2.24) is 14.5 Å². The van der Waals surface area contributed by atoms with Crippen molar-refractivity contribution in [1.29, 1.82) is 0 Å². The normalized spacial score (nSPS) is 18.4. The van der Waals surface area contributed by atoms with Crippen LogP contribution in [0.4, 0.5) is 0 Å². The van der Waals surface area contributed by atoms with Crippen molar-refractivity contribution in [3.63, 3.8) is 0 Å². The van der Waals surface area contributed by atoms with Crippen LogP contribution in [-0.4, -0.2) is 54.7 Å². The first-order valence-electron chi connectivity index (χ1n) is 8.28. The van der Waals surface area contributed by atoms with Crippen LogP contribution in [0.2, 0.25) is 0 Å². The Balaban J connectivity index is 1.86. The smallest absolute Gasteiger partial charge is 0.272 e. The highest BCUT2D eigenvalue weighted by Gasteiger charge is 2.37. The molecule has 7 nitrogen and oxygen atoms in total. The Bertz CT molecular complexity index is 926. The number of rotatable bonds is 3. The van der Waals surface area contributed by atoms with Gasteiger partial charge in [0, 0.05) is 25.2 Å². The van der Waals surface area contributed by atoms with Gasteiger partial charge in [0.15, 0.2) is 0 Å². The minimum absolute atomic E-state index is 0.000801. The summed E-state index contributed by atoms with van der Waals surface area (Å²) in [5.41, 5.74) is 1.52. The molecule has 132 valence electrons. The molecular weight excluding hydrogens is 342 g/mol. The monoisotopic (exact) mass is 361 g/mol. The first kappa shape index (κ1) is 16.1. The molecule has 2 aromatic rings. The van der Waals surface area contributed by atoms with Crippen molar-refractivity contribution in [3.8, 4) is 17.0 Å². The lowest BCUT2D eigenvalue weighted by Gasteiger charge is -2.17. The van der Waals surface area contributed by atoms with E-state index in [1.807, 2.05) is 0 Å². The average Bonchev–Trinajstić information content (AvgIpc) is 3.32. The Kier molecular flexibility index (Phi) is 3.79. The molecule has 2 aliphatic heterocycles. The third kappa shape index (κ3) is 2.60. The lowest BCUT2D eigenvalue weighted by atomic mass is 10.1. The predicted molar refractivity (Wildman–Crippen MR) is 91.4 cm³/mol. The zero-order valence-electron chi connectivity index (χ0n) is 13.9. The van der Waals surface area contributed by atoms with Crippen LogP contribution >= 0.6 is 0 Å². The number of carbonyl (C=O) groups is 1. The molecule has 25 heavy (non-hydrogen) atoms. The number of hydrogen-bond donors (Lipinski definition) is 0. The third-order valence-electron chi connectivity index (χ3n) is 4.75. The summed E-state index contributed by atoms with van der Waals surface area (Å²) >= 11 is 0. The maximum absolute atomic E-state index is 13.0. The Hall–Kier alpha value is -2.35. The number of hydrogen-bond acceptors (Lipinski definition) is 5. The molecule has 0 atom stereocenters. The fourth-order valence-corrected chi connectivity index (χ4v) is 4.77. The van der Waals surface area contributed by atoms with Crippen LogP contribution in [0.3, 0.4) is 0 Å². The second kappa shape index (κ2) is 5.87. The number of benzene rings is 1. The zero-order chi connectivity index (χ0) is 17.6. The highest BCUT2D eigenvalue weighted by Crippen LogP contribution is 2.32. The Morgan fingerprint density at radius 3 is 2.44 bits per heavy atom. The van der Waals surface area contributed by atoms with E-state index in [1.54, 1.807) is 40.8 Å². The number of aromatic nitrogens is 2. The molecule has 0 aliphatic carbocycles. The molecule has 1 amide bonds. The fourth-order valence-electron chi connectivity index (χ4n) is 3.42. The quantitative estimate of drug-likeness (QED) is 0.829. The van der Waals surface area contributed by atoms with E-state index in [0.29, 0.717) is 35.8 Å². The number of methoxy groups -OCH3 is 1. The van der Waals surface area contributed by atoms with Gasteiger partial charge in [0.05, 0.1) is 12.9 Å². The first-order chi connectivity index (χ1) is 12.0. The number of sulfone groups is 1. The van der Waals surface area contributed by atoms with Crippen LogP contribution in [0.25, 0.3) is 11.3 Å². The van der Waals surface area contributed by atoms with Crippen LogP contribution in [0, 0.1) is 0 Å². The van der Waals surface area contributed by atoms with Gasteiger partial charge in [-0.05, 0) is 37.1 Å². The van der Waals surface area contributed by atoms with Gasteiger partial charge >= 0.3 is 0 Å². The summed E-state index contributed by atoms with van der Waals surface area (Å²) in [6.07, 6.45) is 1.95. The fraction of sp³-hybridized carbons (Fsp3) is 0.412. The van der Waals surface area contributed by atoms with Gasteiger partial charge in [0.25, 0.3) is 5.91 Å². The van der Waals surface area contributed by atoms with Gasteiger partial charge in [-0.15, -0.1) is 0 Å². The number of likely N-dealkylation sites (tertiary alicyclic amines) is 1. The van der Waals surface area contributed by atoms with Crippen LogP contribution in [0.15, 0.2) is 29.4 Å². The maximum Gasteiger partial charge on any atom is 0.272 e. The summed E-state index contributed by atoms with van der Waals surface area (Å²) in [4.78, 5) is 19.2. The number of ether oxygens (including phenoxy) is 1. The lowest BCUT2D eigenvalue weighted by Crippen LogP contribution is -2.30. The highest BCUT2D eigenvalue weighted by molar-refractivity contribution is 7.91. The molecule has 0 spiro atoms. The van der Waals surface area contributed by atoms with Gasteiger partial charge in [-0.25, -0.2) is 13.4 Å². The average molecular weight is 361 g/mol. The van der Waals surface area contributed by atoms with Crippen LogP contribution in [0.1, 0.15) is 23.3 Å². The molecule has 4 rings (SSSR count). The molecule has 0 bridgehead atoms. The molecular formula is C17H19N3O4S. The van der Waals surface area contributed by atoms with Gasteiger partial charge in [-0.2, -0.15) is 0 Å². The zero-order valence-corrected chi connectivity index (χ0v) is 14.8. The summed E-state index contributed by atoms with van der Waals surface area (Å²) in [6, 6.07) is 7.14. The molecule has 2 aliphatic rings. The van der Waals surface area contributed by atoms with Crippen LogP contribution in [-0.2, 0) is 16.4 Å². The number of amides is 1. The van der Waals surface area contributed by atoms with Gasteiger partial charge in [0.1, 0.15) is 17.1 Å². The van der Waals surface area contributed by atoms with E-state index in [4.69, 9.17) is 4.74 Å². The predicted octanol–water partition coefficient (Wildman–Crippen LogP) is 1.58. The van der Waals surface area contributed by atoms with Crippen LogP contribution < -0.4 is 4.74 Å². The number of carbonyl (C=O) groups excluding carboxylic acids is 1. The number of nitrogens with zero attached hydrogens (tertiary/aromatic N) is 3. The van der Waals surface area contributed by atoms with Crippen molar-refractivity contribution in [2.24, 2.45) is 0 Å². The van der Waals surface area contributed by atoms with Gasteiger partial charge < -0.3 is 14.2 Å². The van der Waals surface area contributed by atoms with E-state index in [2.05, 4.69) is 4.98 Å². The summed E-state index contributed by atoms with van der Waals surface area (Å²) in [5, 5.41) is 0.000801. The molecule has 1 aromatic heterocycles. The standard InChI is InChI=1S/C17H19N3O4S/c1-24-13-6-4-12(5-7-13)14-15(16(21)19-8-2-3-9-19)20-10-11-25(22,23)17(20)18-14/h4-7H,2-3,8-11H2,1H3. The molecule has 0 saturated carbocycles. The lowest BCUT2D eigenvalue weighted by molar-refractivity contribution is 0.0782. The second-order valence-corrected chi connectivity index (χ2v) is 8.29. The van der Waals surface area contributed by atoms with E-state index in [1.165, 1.54) is 0 Å². The Labute approximate surface area is 146 Å². The largest absolute Gasteiger partial charge is 0.497 e. The van der Waals surface area contributed by atoms with Crippen molar-refractivity contribution in [2.45, 2.75) is 24.5 Å². The topological polar surface area (TPSA) is 81.5 Å². The number of imidazole rings is 1. The molecule has 0 unspecified atom stereocenters. The van der Waals surface area contributed by atoms with E-state index >= 15 is 0 Å². The van der Waals surface area contributed by atoms with Gasteiger partial charge in [-0.1, -0.05) is 0 Å². The van der Waals surface area contributed by atoms with Crippen molar-refractivity contribution < 1.29 is 17.9 Å². The minimum Gasteiger partial charge on any atom is -0.497 e. The Morgan fingerprint density at radius 2 is 1.80 bits per heavy atom. The van der Waals surface area contributed by atoms with Gasteiger partial charge in [0.2, 0.25) is 15.0 Å². The van der Waals surface area contributed by atoms with Crippen molar-refractivity contribution in [2.75, 3.05) is 26.0 Å². The summed E-state index contributed by atoms with van der Waals surface area (Å²) in [7, 11) is -1.85. The van der Waals surface area contributed by atoms with Crippen molar-refractivity contribution in [3.05, 3.63) is 30.0 Å². The van der Waals surface area contributed by atoms with E-state index in [0.717, 1.165) is 12.8 Å². The first-order valence-corrected chi connectivity index (χ1v) is 9.93. The SMILES string of the molecule is COc1ccc(-c2nc3n(c2C(=O)N2CCCC2)CCS3(=O)=O)cc1. The summed E-state index contributed by atoms with van der Waals surface area (Å²) in [6.45, 7) is 1.68. The molecule has 1 aromatic carbocycles. The highest BCUT2D eigenvalue weighted by atomic mass is 32.2. The van der Waals surface area contributed by atoms with E-state index < -0.39 is 9.84 Å². The van der Waals surface area contributed by atoms with E-state index in [-0.39, 0.29) is 23.4 Å². The van der Waals surface area contributed by atoms with Gasteiger partial charge in [-0.3, -0.25) is 4.79 Å². The summed E-state index contributed by atoms with van der Waals surface area (Å²) in [5.74, 6) is 0.549. The molecule has 0 N–H and O–H groups in total. The third-order valence-corrected chi connectivity index (χ3v) is 6.34. The summed E-state index contributed by atoms with van der Waals surface area (Å²) < 4.78 is 31.3. The molecule has 3 heterocycles.